The molecule has 8 heteroatoms. The number of methoxy groups -OCH3 is 2. The molecular formula is C22H35N3O5. The Morgan fingerprint density at radius 1 is 0.967 bits per heavy atom. The van der Waals surface area contributed by atoms with Gasteiger partial charge in [0.15, 0.2) is 0 Å². The quantitative estimate of drug-likeness (QED) is 0.367. The third-order valence-corrected chi connectivity index (χ3v) is 6.40. The molecule has 0 aromatic rings. The van der Waals surface area contributed by atoms with Gasteiger partial charge in [-0.1, -0.05) is 25.7 Å². The van der Waals surface area contributed by atoms with Crippen molar-refractivity contribution < 1.29 is 23.7 Å². The Balaban J connectivity index is 1.60. The number of ether oxygens (including phenoxy) is 4. The lowest BCUT2D eigenvalue weighted by Gasteiger charge is -2.39. The lowest BCUT2D eigenvalue weighted by atomic mass is 9.81. The minimum absolute atomic E-state index is 0.0157. The summed E-state index contributed by atoms with van der Waals surface area (Å²) in [6.07, 6.45) is 9.65. The molecule has 0 amide bonds. The second kappa shape index (κ2) is 11.7. The van der Waals surface area contributed by atoms with Crippen molar-refractivity contribution in [2.24, 2.45) is 11.8 Å². The van der Waals surface area contributed by atoms with E-state index in [0.717, 1.165) is 51.4 Å². The molecule has 1 aliphatic heterocycles. The number of esters is 1. The Morgan fingerprint density at radius 3 is 2.27 bits per heavy atom. The molecule has 6 atom stereocenters. The van der Waals surface area contributed by atoms with E-state index in [4.69, 9.17) is 18.9 Å². The molecule has 0 spiro atoms. The predicted octanol–water partition coefficient (Wildman–Crippen LogP) is 2.56. The van der Waals surface area contributed by atoms with Crippen LogP contribution in [0.1, 0.15) is 57.8 Å². The predicted molar refractivity (Wildman–Crippen MR) is 110 cm³/mol. The standard InChI is InChI=1S/C22H35N3O5/c1-27-13-17(22(26)28-2)16-8-4-6-10-19(16)30-21-11-20(24-14-25-21)29-18-9-5-3-7-15(18)12-23/h13,15-16,18-21,24-25H,3-11,14H2,1-2H3/b17-13+. The SMILES string of the molecule is CO/C=C(/C(=O)OC)C1CCCCC1OC1CC(OC2CCCCC2C#N)NCN1. The monoisotopic (exact) mass is 421 g/mol. The Morgan fingerprint density at radius 2 is 1.60 bits per heavy atom. The molecule has 8 nitrogen and oxygen atoms in total. The number of hydrogen-bond acceptors (Lipinski definition) is 8. The van der Waals surface area contributed by atoms with E-state index >= 15 is 0 Å². The van der Waals surface area contributed by atoms with Gasteiger partial charge in [0, 0.05) is 19.0 Å². The van der Waals surface area contributed by atoms with E-state index in [2.05, 4.69) is 16.7 Å². The van der Waals surface area contributed by atoms with Gasteiger partial charge in [-0.15, -0.1) is 0 Å². The summed E-state index contributed by atoms with van der Waals surface area (Å²) in [6, 6.07) is 2.41. The van der Waals surface area contributed by atoms with Crippen LogP contribution in [0.2, 0.25) is 0 Å². The van der Waals surface area contributed by atoms with Crippen LogP contribution in [-0.4, -0.2) is 51.5 Å². The third-order valence-electron chi connectivity index (χ3n) is 6.40. The molecule has 3 fully saturated rings. The third kappa shape index (κ3) is 5.94. The van der Waals surface area contributed by atoms with E-state index in [1.807, 2.05) is 0 Å². The molecule has 0 radical (unpaired) electrons. The van der Waals surface area contributed by atoms with Crippen molar-refractivity contribution in [1.29, 1.82) is 5.26 Å². The zero-order valence-corrected chi connectivity index (χ0v) is 18.1. The number of carbonyl (C=O) groups is 1. The fourth-order valence-corrected chi connectivity index (χ4v) is 4.83. The van der Waals surface area contributed by atoms with Gasteiger partial charge in [-0.05, 0) is 25.7 Å². The summed E-state index contributed by atoms with van der Waals surface area (Å²) in [5, 5.41) is 16.1. The van der Waals surface area contributed by atoms with Crippen LogP contribution in [0.15, 0.2) is 11.8 Å². The molecular weight excluding hydrogens is 386 g/mol. The Labute approximate surface area is 179 Å². The van der Waals surface area contributed by atoms with E-state index in [-0.39, 0.29) is 42.5 Å². The number of hydrogen-bond donors (Lipinski definition) is 2. The van der Waals surface area contributed by atoms with Crippen molar-refractivity contribution in [3.63, 3.8) is 0 Å². The van der Waals surface area contributed by atoms with Crippen LogP contribution >= 0.6 is 0 Å². The summed E-state index contributed by atoms with van der Waals surface area (Å²) >= 11 is 0. The smallest absolute Gasteiger partial charge is 0.337 e. The molecule has 2 N–H and O–H groups in total. The van der Waals surface area contributed by atoms with Gasteiger partial charge < -0.3 is 18.9 Å². The molecule has 0 aromatic heterocycles. The van der Waals surface area contributed by atoms with Crippen LogP contribution < -0.4 is 10.6 Å². The molecule has 30 heavy (non-hydrogen) atoms. The van der Waals surface area contributed by atoms with Crippen molar-refractivity contribution in [1.82, 2.24) is 10.6 Å². The first kappa shape index (κ1) is 23.0. The van der Waals surface area contributed by atoms with E-state index in [1.165, 1.54) is 20.5 Å². The first-order chi connectivity index (χ1) is 14.7. The summed E-state index contributed by atoms with van der Waals surface area (Å²) in [5.41, 5.74) is 0.533. The second-order valence-electron chi connectivity index (χ2n) is 8.36. The largest absolute Gasteiger partial charge is 0.504 e. The van der Waals surface area contributed by atoms with E-state index in [9.17, 15) is 10.1 Å². The number of nitriles is 1. The fourth-order valence-electron chi connectivity index (χ4n) is 4.83. The normalized spacial score (nSPS) is 35.3. The molecule has 3 rings (SSSR count). The maximum Gasteiger partial charge on any atom is 0.337 e. The topological polar surface area (TPSA) is 102 Å². The summed E-state index contributed by atoms with van der Waals surface area (Å²) in [6.45, 7) is 0.578. The van der Waals surface area contributed by atoms with E-state index in [1.54, 1.807) is 0 Å². The van der Waals surface area contributed by atoms with Crippen LogP contribution in [-0.2, 0) is 23.7 Å². The first-order valence-corrected chi connectivity index (χ1v) is 11.1. The number of nitrogens with one attached hydrogen (secondary N) is 2. The molecule has 2 aliphatic carbocycles. The molecule has 2 saturated carbocycles. The van der Waals surface area contributed by atoms with Gasteiger partial charge >= 0.3 is 5.97 Å². The maximum absolute atomic E-state index is 12.3. The summed E-state index contributed by atoms with van der Waals surface area (Å²) in [7, 11) is 2.93. The highest BCUT2D eigenvalue weighted by Gasteiger charge is 2.36. The average molecular weight is 422 g/mol. The fraction of sp³-hybridized carbons (Fsp3) is 0.818. The highest BCUT2D eigenvalue weighted by Crippen LogP contribution is 2.34. The highest BCUT2D eigenvalue weighted by molar-refractivity contribution is 5.88. The molecule has 6 unspecified atom stereocenters. The number of nitrogens with zero attached hydrogens (tertiary/aromatic N) is 1. The van der Waals surface area contributed by atoms with Crippen molar-refractivity contribution >= 4 is 5.97 Å². The van der Waals surface area contributed by atoms with E-state index < -0.39 is 0 Å². The maximum atomic E-state index is 12.3. The van der Waals surface area contributed by atoms with Crippen molar-refractivity contribution in [2.75, 3.05) is 20.9 Å². The zero-order valence-electron chi connectivity index (χ0n) is 18.1. The summed E-state index contributed by atoms with van der Waals surface area (Å²) in [4.78, 5) is 12.3. The highest BCUT2D eigenvalue weighted by atomic mass is 16.5. The van der Waals surface area contributed by atoms with Gasteiger partial charge in [-0.2, -0.15) is 5.26 Å². The molecule has 0 aromatic carbocycles. The molecule has 1 saturated heterocycles. The minimum Gasteiger partial charge on any atom is -0.504 e. The van der Waals surface area contributed by atoms with Crippen LogP contribution in [0.4, 0.5) is 0 Å². The van der Waals surface area contributed by atoms with Crippen LogP contribution in [0.3, 0.4) is 0 Å². The van der Waals surface area contributed by atoms with Crippen LogP contribution in [0.5, 0.6) is 0 Å². The lowest BCUT2D eigenvalue weighted by Crippen LogP contribution is -2.55. The molecule has 0 bridgehead atoms. The van der Waals surface area contributed by atoms with Gasteiger partial charge in [0.1, 0.15) is 12.5 Å². The van der Waals surface area contributed by atoms with Gasteiger partial charge in [-0.3, -0.25) is 10.6 Å². The first-order valence-electron chi connectivity index (χ1n) is 11.1. The second-order valence-corrected chi connectivity index (χ2v) is 8.36. The summed E-state index contributed by atoms with van der Waals surface area (Å²) < 4.78 is 22.8. The Kier molecular flexibility index (Phi) is 8.94. The number of rotatable bonds is 7. The molecule has 3 aliphatic rings. The molecule has 1 heterocycles. The van der Waals surface area contributed by atoms with Crippen molar-refractivity contribution in [3.05, 3.63) is 11.8 Å². The number of carbonyl (C=O) groups excluding carboxylic acids is 1. The average Bonchev–Trinajstić information content (AvgIpc) is 2.78. The zero-order chi connectivity index (χ0) is 21.3. The van der Waals surface area contributed by atoms with Gasteiger partial charge in [-0.25, -0.2) is 4.79 Å². The Bertz CT molecular complexity index is 635. The van der Waals surface area contributed by atoms with E-state index in [0.29, 0.717) is 18.7 Å². The van der Waals surface area contributed by atoms with Gasteiger partial charge in [0.2, 0.25) is 0 Å². The Hall–Kier alpha value is -1.66. The van der Waals surface area contributed by atoms with Crippen LogP contribution in [0, 0.1) is 23.2 Å². The van der Waals surface area contributed by atoms with Gasteiger partial charge in [0.25, 0.3) is 0 Å². The lowest BCUT2D eigenvalue weighted by molar-refractivity contribution is -0.144. The van der Waals surface area contributed by atoms with Crippen LogP contribution in [0.25, 0.3) is 0 Å². The van der Waals surface area contributed by atoms with Crippen molar-refractivity contribution in [3.8, 4) is 6.07 Å². The molecule has 168 valence electrons. The minimum atomic E-state index is -0.364. The van der Waals surface area contributed by atoms with Crippen molar-refractivity contribution in [2.45, 2.75) is 82.5 Å². The summed E-state index contributed by atoms with van der Waals surface area (Å²) in [5.74, 6) is -0.445. The van der Waals surface area contributed by atoms with Gasteiger partial charge in [0.05, 0.1) is 50.2 Å².